The van der Waals surface area contributed by atoms with E-state index in [2.05, 4.69) is 26.6 Å². The average molecular weight is 432 g/mol. The lowest BCUT2D eigenvalue weighted by molar-refractivity contribution is -0.139. The molecule has 0 radical (unpaired) electrons. The van der Waals surface area contributed by atoms with Gasteiger partial charge in [-0.1, -0.05) is 28.1 Å². The van der Waals surface area contributed by atoms with Crippen LogP contribution in [-0.4, -0.2) is 60.4 Å². The summed E-state index contributed by atoms with van der Waals surface area (Å²) in [5.41, 5.74) is -0.470. The number of benzene rings is 1. The van der Waals surface area contributed by atoms with E-state index in [0.29, 0.717) is 18.7 Å². The number of amides is 4. The monoisotopic (exact) mass is 430 g/mol. The minimum atomic E-state index is -1.15. The van der Waals surface area contributed by atoms with Crippen LogP contribution in [0.15, 0.2) is 28.7 Å². The number of nitrogens with one attached hydrogen (secondary N) is 2. The summed E-state index contributed by atoms with van der Waals surface area (Å²) in [6.07, 6.45) is 0. The minimum Gasteiger partial charge on any atom is -0.339 e. The van der Waals surface area contributed by atoms with Gasteiger partial charge in [-0.3, -0.25) is 14.5 Å². The highest BCUT2D eigenvalue weighted by Gasteiger charge is 2.49. The molecule has 2 N–H and O–H groups in total. The Morgan fingerprint density at radius 1 is 1.20 bits per heavy atom. The van der Waals surface area contributed by atoms with Crippen molar-refractivity contribution in [2.24, 2.45) is 0 Å². The zero-order valence-corrected chi connectivity index (χ0v) is 16.2. The molecule has 0 aromatic heterocycles. The first-order chi connectivity index (χ1) is 11.4. The van der Waals surface area contributed by atoms with Crippen molar-refractivity contribution < 1.29 is 14.4 Å². The number of nitrogens with zero attached hydrogens (tertiary/aromatic N) is 2. The van der Waals surface area contributed by atoms with Gasteiger partial charge in [0, 0.05) is 30.7 Å². The SMILES string of the molecule is CC1(c2ccc(Br)cc2)NC(=O)N(CC(=O)N2CCNCC2)C1=O.Cl. The molecule has 2 aliphatic heterocycles. The maximum Gasteiger partial charge on any atom is 0.325 e. The molecule has 1 aromatic carbocycles. The first-order valence-corrected chi connectivity index (χ1v) is 8.60. The van der Waals surface area contributed by atoms with Crippen LogP contribution in [0.3, 0.4) is 0 Å². The fourth-order valence-electron chi connectivity index (χ4n) is 2.97. The largest absolute Gasteiger partial charge is 0.339 e. The van der Waals surface area contributed by atoms with Gasteiger partial charge < -0.3 is 15.5 Å². The number of hydrogen-bond acceptors (Lipinski definition) is 4. The van der Waals surface area contributed by atoms with Crippen molar-refractivity contribution in [1.29, 1.82) is 0 Å². The predicted molar refractivity (Wildman–Crippen MR) is 98.4 cm³/mol. The number of urea groups is 1. The first-order valence-electron chi connectivity index (χ1n) is 7.80. The van der Waals surface area contributed by atoms with Crippen molar-refractivity contribution in [3.05, 3.63) is 34.3 Å². The fraction of sp³-hybridized carbons (Fsp3) is 0.438. The summed E-state index contributed by atoms with van der Waals surface area (Å²) in [4.78, 5) is 40.1. The molecule has 9 heteroatoms. The molecule has 2 heterocycles. The zero-order chi connectivity index (χ0) is 17.3. The van der Waals surface area contributed by atoms with E-state index < -0.39 is 17.5 Å². The molecular weight excluding hydrogens is 412 g/mol. The van der Waals surface area contributed by atoms with Gasteiger partial charge in [0.05, 0.1) is 0 Å². The molecule has 1 atom stereocenters. The molecule has 3 rings (SSSR count). The van der Waals surface area contributed by atoms with Crippen molar-refractivity contribution in [1.82, 2.24) is 20.4 Å². The van der Waals surface area contributed by atoms with Crippen LogP contribution in [-0.2, 0) is 15.1 Å². The van der Waals surface area contributed by atoms with Crippen molar-refractivity contribution in [2.45, 2.75) is 12.5 Å². The quantitative estimate of drug-likeness (QED) is 0.702. The van der Waals surface area contributed by atoms with Crippen molar-refractivity contribution >= 4 is 46.2 Å². The summed E-state index contributed by atoms with van der Waals surface area (Å²) in [5, 5.41) is 5.88. The Balaban J connectivity index is 0.00000225. The normalized spacial score (nSPS) is 23.3. The summed E-state index contributed by atoms with van der Waals surface area (Å²) in [7, 11) is 0. The Labute approximate surface area is 160 Å². The van der Waals surface area contributed by atoms with Crippen LogP contribution in [0, 0.1) is 0 Å². The average Bonchev–Trinajstić information content (AvgIpc) is 2.80. The van der Waals surface area contributed by atoms with E-state index in [4.69, 9.17) is 0 Å². The summed E-state index contributed by atoms with van der Waals surface area (Å²) < 4.78 is 0.886. The van der Waals surface area contributed by atoms with Crippen LogP contribution >= 0.6 is 28.3 Å². The molecule has 2 aliphatic rings. The van der Waals surface area contributed by atoms with Crippen LogP contribution < -0.4 is 10.6 Å². The highest BCUT2D eigenvalue weighted by molar-refractivity contribution is 9.10. The van der Waals surface area contributed by atoms with Gasteiger partial charge in [0.15, 0.2) is 0 Å². The van der Waals surface area contributed by atoms with Crippen molar-refractivity contribution in [3.63, 3.8) is 0 Å². The zero-order valence-electron chi connectivity index (χ0n) is 13.8. The molecular formula is C16H20BrClN4O3. The van der Waals surface area contributed by atoms with Gasteiger partial charge in [-0.05, 0) is 24.6 Å². The lowest BCUT2D eigenvalue weighted by Gasteiger charge is -2.28. The van der Waals surface area contributed by atoms with Crippen LogP contribution in [0.1, 0.15) is 12.5 Å². The van der Waals surface area contributed by atoms with E-state index in [0.717, 1.165) is 22.5 Å². The summed E-state index contributed by atoms with van der Waals surface area (Å²) in [5.74, 6) is -0.613. The van der Waals surface area contributed by atoms with Gasteiger partial charge in [-0.15, -0.1) is 12.4 Å². The van der Waals surface area contributed by atoms with Gasteiger partial charge in [0.1, 0.15) is 12.1 Å². The number of hydrogen-bond donors (Lipinski definition) is 2. The molecule has 0 spiro atoms. The molecule has 0 aliphatic carbocycles. The number of carbonyl (C=O) groups excluding carboxylic acids is 3. The van der Waals surface area contributed by atoms with Gasteiger partial charge in [0.2, 0.25) is 5.91 Å². The minimum absolute atomic E-state index is 0. The second kappa shape index (κ2) is 7.72. The Bertz CT molecular complexity index is 678. The molecule has 4 amide bonds. The Morgan fingerprint density at radius 3 is 2.40 bits per heavy atom. The number of halogens is 2. The van der Waals surface area contributed by atoms with Gasteiger partial charge >= 0.3 is 6.03 Å². The van der Waals surface area contributed by atoms with Gasteiger partial charge in [-0.2, -0.15) is 0 Å². The number of rotatable bonds is 3. The van der Waals surface area contributed by atoms with Crippen molar-refractivity contribution in [2.75, 3.05) is 32.7 Å². The summed E-state index contributed by atoms with van der Waals surface area (Å²) >= 11 is 3.35. The van der Waals surface area contributed by atoms with E-state index in [9.17, 15) is 14.4 Å². The molecule has 0 bridgehead atoms. The van der Waals surface area contributed by atoms with Crippen LogP contribution in [0.2, 0.25) is 0 Å². The van der Waals surface area contributed by atoms with E-state index in [1.54, 1.807) is 24.0 Å². The molecule has 7 nitrogen and oxygen atoms in total. The highest BCUT2D eigenvalue weighted by Crippen LogP contribution is 2.29. The van der Waals surface area contributed by atoms with Crippen LogP contribution in [0.4, 0.5) is 4.79 Å². The highest BCUT2D eigenvalue weighted by atomic mass is 79.9. The van der Waals surface area contributed by atoms with Gasteiger partial charge in [-0.25, -0.2) is 4.79 Å². The third-order valence-corrected chi connectivity index (χ3v) is 4.99. The molecule has 1 unspecified atom stereocenters. The molecule has 2 saturated heterocycles. The van der Waals surface area contributed by atoms with Crippen LogP contribution in [0.5, 0.6) is 0 Å². The molecule has 136 valence electrons. The maximum absolute atomic E-state index is 12.8. The lowest BCUT2D eigenvalue weighted by atomic mass is 9.92. The van der Waals surface area contributed by atoms with E-state index >= 15 is 0 Å². The van der Waals surface area contributed by atoms with E-state index in [1.807, 2.05) is 12.1 Å². The summed E-state index contributed by atoms with van der Waals surface area (Å²) in [6, 6.07) is 6.66. The number of imide groups is 1. The molecule has 1 aromatic rings. The molecule has 25 heavy (non-hydrogen) atoms. The predicted octanol–water partition coefficient (Wildman–Crippen LogP) is 1.07. The molecule has 2 fully saturated rings. The Hall–Kier alpha value is -1.64. The standard InChI is InChI=1S/C16H19BrN4O3.ClH/c1-16(11-2-4-12(17)5-3-11)14(23)21(15(24)19-16)10-13(22)20-8-6-18-7-9-20;/h2-5,18H,6-10H2,1H3,(H,19,24);1H. The number of piperazine rings is 1. The maximum atomic E-state index is 12.8. The Morgan fingerprint density at radius 2 is 1.80 bits per heavy atom. The van der Waals surface area contributed by atoms with E-state index in [-0.39, 0.29) is 24.9 Å². The topological polar surface area (TPSA) is 81.8 Å². The summed E-state index contributed by atoms with van der Waals surface area (Å²) in [6.45, 7) is 4.06. The smallest absolute Gasteiger partial charge is 0.325 e. The Kier molecular flexibility index (Phi) is 6.08. The third-order valence-electron chi connectivity index (χ3n) is 4.46. The van der Waals surface area contributed by atoms with Gasteiger partial charge in [0.25, 0.3) is 5.91 Å². The van der Waals surface area contributed by atoms with E-state index in [1.165, 1.54) is 0 Å². The second-order valence-electron chi connectivity index (χ2n) is 6.08. The second-order valence-corrected chi connectivity index (χ2v) is 7.00. The lowest BCUT2D eigenvalue weighted by Crippen LogP contribution is -2.50. The van der Waals surface area contributed by atoms with Crippen molar-refractivity contribution in [3.8, 4) is 0 Å². The third kappa shape index (κ3) is 3.80. The van der Waals surface area contributed by atoms with Crippen LogP contribution in [0.25, 0.3) is 0 Å². The fourth-order valence-corrected chi connectivity index (χ4v) is 3.23. The first kappa shape index (κ1) is 19.7. The number of carbonyl (C=O) groups is 3. The molecule has 0 saturated carbocycles.